The molecule has 0 fully saturated rings. The first-order valence-electron chi connectivity index (χ1n) is 14.2. The highest BCUT2D eigenvalue weighted by Gasteiger charge is 2.16. The monoisotopic (exact) mass is 695 g/mol. The van der Waals surface area contributed by atoms with Gasteiger partial charge in [0.1, 0.15) is 5.82 Å². The van der Waals surface area contributed by atoms with Crippen LogP contribution in [-0.4, -0.2) is 29.9 Å². The average molecular weight is 697 g/mol. The normalized spacial score (nSPS) is 11.3. The maximum atomic E-state index is 14.0. The summed E-state index contributed by atoms with van der Waals surface area (Å²) in [5, 5.41) is 4.93. The van der Waals surface area contributed by atoms with Gasteiger partial charge >= 0.3 is 0 Å². The molecule has 0 unspecified atom stereocenters. The molecular weight excluding hydrogens is 669 g/mol. The predicted molar refractivity (Wildman–Crippen MR) is 192 cm³/mol. The van der Waals surface area contributed by atoms with Crippen molar-refractivity contribution in [1.29, 1.82) is 0 Å². The molecule has 6 rings (SSSR count). The van der Waals surface area contributed by atoms with Gasteiger partial charge in [-0.3, -0.25) is 14.4 Å². The van der Waals surface area contributed by atoms with Crippen molar-refractivity contribution < 1.29 is 0 Å². The fraction of sp³-hybridized carbons (Fsp3) is 0.0833. The van der Waals surface area contributed by atoms with Crippen molar-refractivity contribution >= 4 is 79.0 Å². The molecule has 0 aliphatic carbocycles. The van der Waals surface area contributed by atoms with E-state index >= 15 is 0 Å². The Morgan fingerprint density at radius 1 is 0.889 bits per heavy atom. The summed E-state index contributed by atoms with van der Waals surface area (Å²) in [7, 11) is 4.02. The van der Waals surface area contributed by atoms with Gasteiger partial charge in [0, 0.05) is 42.6 Å². The van der Waals surface area contributed by atoms with E-state index < -0.39 is 0 Å². The molecule has 0 aliphatic heterocycles. The number of nitrogens with one attached hydrogen (secondary N) is 1. The van der Waals surface area contributed by atoms with Gasteiger partial charge in [-0.05, 0) is 83.9 Å². The van der Waals surface area contributed by atoms with Crippen LogP contribution in [0.4, 0.5) is 22.7 Å². The molecule has 6 aromatic rings. The molecule has 6 nitrogen and oxygen atoms in total. The van der Waals surface area contributed by atoms with Crippen LogP contribution in [0.2, 0.25) is 10.0 Å². The van der Waals surface area contributed by atoms with E-state index in [4.69, 9.17) is 28.2 Å². The van der Waals surface area contributed by atoms with Crippen molar-refractivity contribution in [3.05, 3.63) is 151 Å². The topological polar surface area (TPSA) is 62.5 Å². The van der Waals surface area contributed by atoms with E-state index in [0.717, 1.165) is 32.7 Å². The standard InChI is InChI=1S/C36H28BrCl2N5O/c1-43(2)27-15-10-23(11-16-27)22-40-26-13-17-28(18-14-26)44-34(41-33-19-12-25(37)21-29(33)36(44)45)20-24-6-3-4-9-32(24)42-35-30(38)7-5-8-31(35)39/h3-19,21-22,42H,20H2,1-2H3. The lowest BCUT2D eigenvalue weighted by Crippen LogP contribution is -2.24. The number of aliphatic imine (C=N–C) groups is 1. The number of benzene rings is 5. The molecule has 0 aliphatic rings. The van der Waals surface area contributed by atoms with E-state index in [0.29, 0.717) is 44.6 Å². The zero-order valence-corrected chi connectivity index (χ0v) is 27.6. The molecule has 9 heteroatoms. The summed E-state index contributed by atoms with van der Waals surface area (Å²) >= 11 is 16.4. The number of nitrogens with zero attached hydrogens (tertiary/aromatic N) is 4. The van der Waals surface area contributed by atoms with E-state index in [-0.39, 0.29) is 5.56 Å². The Bertz CT molecular complexity index is 2070. The van der Waals surface area contributed by atoms with Crippen LogP contribution in [0, 0.1) is 0 Å². The lowest BCUT2D eigenvalue weighted by atomic mass is 10.1. The Hall–Kier alpha value is -4.43. The molecule has 0 saturated carbocycles. The van der Waals surface area contributed by atoms with E-state index in [9.17, 15) is 4.79 Å². The minimum absolute atomic E-state index is 0.159. The predicted octanol–water partition coefficient (Wildman–Crippen LogP) is 9.61. The molecule has 1 aromatic heterocycles. The smallest absolute Gasteiger partial charge is 0.266 e. The van der Waals surface area contributed by atoms with Gasteiger partial charge < -0.3 is 10.2 Å². The number of hydrogen-bond acceptors (Lipinski definition) is 5. The van der Waals surface area contributed by atoms with E-state index in [1.807, 2.05) is 93.1 Å². The van der Waals surface area contributed by atoms with Crippen molar-refractivity contribution in [3.8, 4) is 5.69 Å². The molecule has 0 spiro atoms. The maximum Gasteiger partial charge on any atom is 0.266 e. The summed E-state index contributed by atoms with van der Waals surface area (Å²) < 4.78 is 2.48. The van der Waals surface area contributed by atoms with Gasteiger partial charge in [0.15, 0.2) is 0 Å². The number of rotatable bonds is 8. The van der Waals surface area contributed by atoms with Crippen LogP contribution in [0.5, 0.6) is 0 Å². The highest BCUT2D eigenvalue weighted by Crippen LogP contribution is 2.34. The van der Waals surface area contributed by atoms with Gasteiger partial charge in [0.2, 0.25) is 0 Å². The van der Waals surface area contributed by atoms with Crippen LogP contribution in [0.25, 0.3) is 16.6 Å². The van der Waals surface area contributed by atoms with E-state index in [1.165, 1.54) is 0 Å². The second-order valence-electron chi connectivity index (χ2n) is 10.6. The Morgan fingerprint density at radius 2 is 1.60 bits per heavy atom. The van der Waals surface area contributed by atoms with Crippen molar-refractivity contribution in [2.75, 3.05) is 24.3 Å². The summed E-state index contributed by atoms with van der Waals surface area (Å²) in [4.78, 5) is 25.7. The Kier molecular flexibility index (Phi) is 9.03. The molecule has 1 N–H and O–H groups in total. The van der Waals surface area contributed by atoms with Gasteiger partial charge in [0.25, 0.3) is 5.56 Å². The maximum absolute atomic E-state index is 14.0. The van der Waals surface area contributed by atoms with Gasteiger partial charge in [-0.25, -0.2) is 4.98 Å². The van der Waals surface area contributed by atoms with Crippen molar-refractivity contribution in [2.45, 2.75) is 6.42 Å². The Labute approximate surface area is 279 Å². The first kappa shape index (κ1) is 30.6. The molecule has 1 heterocycles. The van der Waals surface area contributed by atoms with Gasteiger partial charge in [-0.2, -0.15) is 0 Å². The minimum Gasteiger partial charge on any atom is -0.378 e. The van der Waals surface area contributed by atoms with Gasteiger partial charge in [0.05, 0.1) is 38.0 Å². The number of para-hydroxylation sites is 2. The van der Waals surface area contributed by atoms with Crippen molar-refractivity contribution in [3.63, 3.8) is 0 Å². The lowest BCUT2D eigenvalue weighted by molar-refractivity contribution is 0.850. The average Bonchev–Trinajstić information content (AvgIpc) is 3.04. The number of aromatic nitrogens is 2. The molecule has 0 amide bonds. The van der Waals surface area contributed by atoms with Gasteiger partial charge in [-0.1, -0.05) is 75.5 Å². The number of anilines is 3. The summed E-state index contributed by atoms with van der Waals surface area (Å²) in [5.41, 5.74) is 6.40. The molecule has 0 bridgehead atoms. The quantitative estimate of drug-likeness (QED) is 0.161. The lowest BCUT2D eigenvalue weighted by Gasteiger charge is -2.17. The van der Waals surface area contributed by atoms with Crippen LogP contribution in [0.15, 0.2) is 123 Å². The van der Waals surface area contributed by atoms with E-state index in [1.54, 1.807) is 28.8 Å². The highest BCUT2D eigenvalue weighted by molar-refractivity contribution is 9.10. The van der Waals surface area contributed by atoms with Crippen LogP contribution < -0.4 is 15.8 Å². The minimum atomic E-state index is -0.159. The molecule has 0 radical (unpaired) electrons. The molecule has 45 heavy (non-hydrogen) atoms. The van der Waals surface area contributed by atoms with Crippen LogP contribution in [0.1, 0.15) is 17.0 Å². The van der Waals surface area contributed by atoms with Crippen molar-refractivity contribution in [1.82, 2.24) is 9.55 Å². The number of hydrogen-bond donors (Lipinski definition) is 1. The first-order chi connectivity index (χ1) is 21.8. The van der Waals surface area contributed by atoms with E-state index in [2.05, 4.69) is 43.3 Å². The zero-order chi connectivity index (χ0) is 31.5. The Morgan fingerprint density at radius 3 is 2.31 bits per heavy atom. The van der Waals surface area contributed by atoms with Gasteiger partial charge in [-0.15, -0.1) is 0 Å². The summed E-state index contributed by atoms with van der Waals surface area (Å²) in [6.07, 6.45) is 2.20. The third-order valence-electron chi connectivity index (χ3n) is 7.37. The van der Waals surface area contributed by atoms with Crippen LogP contribution in [0.3, 0.4) is 0 Å². The summed E-state index contributed by atoms with van der Waals surface area (Å²) in [5.74, 6) is 0.589. The number of fused-ring (bicyclic) bond motifs is 1. The highest BCUT2D eigenvalue weighted by atomic mass is 79.9. The fourth-order valence-corrected chi connectivity index (χ4v) is 5.86. The van der Waals surface area contributed by atoms with Crippen LogP contribution in [-0.2, 0) is 6.42 Å². The Balaban J connectivity index is 1.38. The molecular formula is C36H28BrCl2N5O. The second-order valence-corrected chi connectivity index (χ2v) is 12.4. The largest absolute Gasteiger partial charge is 0.378 e. The third-order valence-corrected chi connectivity index (χ3v) is 8.49. The van der Waals surface area contributed by atoms with Crippen LogP contribution >= 0.6 is 39.1 Å². The third kappa shape index (κ3) is 6.81. The molecule has 224 valence electrons. The first-order valence-corrected chi connectivity index (χ1v) is 15.7. The number of halogens is 3. The molecule has 0 atom stereocenters. The molecule has 0 saturated heterocycles. The zero-order valence-electron chi connectivity index (χ0n) is 24.5. The summed E-state index contributed by atoms with van der Waals surface area (Å²) in [6.45, 7) is 0. The second kappa shape index (κ2) is 13.3. The van der Waals surface area contributed by atoms with Crippen molar-refractivity contribution in [2.24, 2.45) is 4.99 Å². The molecule has 5 aromatic carbocycles. The summed E-state index contributed by atoms with van der Waals surface area (Å²) in [6, 6.07) is 34.5. The fourth-order valence-electron chi connectivity index (χ4n) is 5.00. The SMILES string of the molecule is CN(C)c1ccc(C=Nc2ccc(-n3c(Cc4ccccc4Nc4c(Cl)cccc4Cl)nc4ccc(Br)cc4c3=O)cc2)cc1.